The molecule has 0 fully saturated rings. The lowest BCUT2D eigenvalue weighted by molar-refractivity contribution is 0.0910. The Morgan fingerprint density at radius 3 is 2.44 bits per heavy atom. The number of amides is 1. The lowest BCUT2D eigenvalue weighted by Crippen LogP contribution is -2.29. The molecule has 2 heterocycles. The number of rotatable bonds is 5. The fraction of sp³-hybridized carbons (Fsp3) is 0.0500. The molecule has 6 nitrogen and oxygen atoms in total. The fourth-order valence-corrected chi connectivity index (χ4v) is 2.73. The normalized spacial score (nSPS) is 11.9. The Kier molecular flexibility index (Phi) is 4.72. The maximum atomic E-state index is 12.5. The zero-order chi connectivity index (χ0) is 18.6. The Morgan fingerprint density at radius 1 is 0.963 bits per heavy atom. The first-order valence-corrected chi connectivity index (χ1v) is 8.57. The van der Waals surface area contributed by atoms with Crippen molar-refractivity contribution in [3.63, 3.8) is 0 Å². The van der Waals surface area contributed by atoms with Gasteiger partial charge in [-0.2, -0.15) is 0 Å². The maximum Gasteiger partial charge on any atom is 0.287 e. The third kappa shape index (κ3) is 3.75. The monoisotopic (exact) mass is 379 g/mol. The van der Waals surface area contributed by atoms with E-state index in [1.54, 1.807) is 36.4 Å². The molecule has 1 N–H and O–H groups in total. The van der Waals surface area contributed by atoms with Gasteiger partial charge in [0.2, 0.25) is 11.8 Å². The van der Waals surface area contributed by atoms with E-state index in [0.717, 1.165) is 11.1 Å². The summed E-state index contributed by atoms with van der Waals surface area (Å²) in [4.78, 5) is 12.5. The predicted molar refractivity (Wildman–Crippen MR) is 99.2 cm³/mol. The van der Waals surface area contributed by atoms with E-state index in [4.69, 9.17) is 20.4 Å². The first kappa shape index (κ1) is 17.1. The molecule has 1 atom stereocenters. The van der Waals surface area contributed by atoms with Crippen LogP contribution in [-0.4, -0.2) is 16.1 Å². The molecule has 0 aliphatic carbocycles. The summed E-state index contributed by atoms with van der Waals surface area (Å²) >= 11 is 5.98. The van der Waals surface area contributed by atoms with Gasteiger partial charge >= 0.3 is 0 Å². The van der Waals surface area contributed by atoms with Gasteiger partial charge < -0.3 is 14.2 Å². The first-order valence-electron chi connectivity index (χ1n) is 8.19. The summed E-state index contributed by atoms with van der Waals surface area (Å²) in [5, 5.41) is 11.7. The van der Waals surface area contributed by atoms with Gasteiger partial charge in [0, 0.05) is 10.6 Å². The minimum atomic E-state index is -0.648. The second-order valence-corrected chi connectivity index (χ2v) is 6.18. The van der Waals surface area contributed by atoms with E-state index in [-0.39, 0.29) is 17.6 Å². The molecule has 0 saturated heterocycles. The molecule has 1 amide bonds. The molecule has 2 aromatic heterocycles. The van der Waals surface area contributed by atoms with Crippen LogP contribution in [0, 0.1) is 0 Å². The van der Waals surface area contributed by atoms with Crippen LogP contribution in [0.3, 0.4) is 0 Å². The molecule has 0 aliphatic rings. The number of carbonyl (C=O) groups is 1. The largest absolute Gasteiger partial charge is 0.459 e. The molecule has 0 radical (unpaired) electrons. The van der Waals surface area contributed by atoms with E-state index in [0.29, 0.717) is 10.9 Å². The number of nitrogens with zero attached hydrogens (tertiary/aromatic N) is 2. The minimum Gasteiger partial charge on any atom is -0.459 e. The van der Waals surface area contributed by atoms with E-state index in [2.05, 4.69) is 15.5 Å². The van der Waals surface area contributed by atoms with E-state index in [1.807, 2.05) is 30.3 Å². The first-order chi connectivity index (χ1) is 13.2. The second kappa shape index (κ2) is 7.47. The van der Waals surface area contributed by atoms with E-state index >= 15 is 0 Å². The Bertz CT molecular complexity index is 1030. The van der Waals surface area contributed by atoms with E-state index < -0.39 is 6.04 Å². The summed E-state index contributed by atoms with van der Waals surface area (Å²) in [5.41, 5.74) is 1.55. The van der Waals surface area contributed by atoms with Crippen molar-refractivity contribution in [2.75, 3.05) is 0 Å². The quantitative estimate of drug-likeness (QED) is 0.552. The topological polar surface area (TPSA) is 81.2 Å². The van der Waals surface area contributed by atoms with Crippen LogP contribution in [0.4, 0.5) is 0 Å². The SMILES string of the molecule is O=C(N[C@H](c1ccc(Cl)cc1)c1nnc(-c2ccccc2)o1)c1ccco1. The summed E-state index contributed by atoms with van der Waals surface area (Å²) in [6.45, 7) is 0. The molecule has 4 aromatic rings. The molecule has 0 bridgehead atoms. The lowest BCUT2D eigenvalue weighted by atomic mass is 10.1. The zero-order valence-electron chi connectivity index (χ0n) is 14.0. The van der Waals surface area contributed by atoms with E-state index in [1.165, 1.54) is 6.26 Å². The van der Waals surface area contributed by atoms with Gasteiger partial charge in [0.25, 0.3) is 5.91 Å². The number of carbonyl (C=O) groups excluding carboxylic acids is 1. The van der Waals surface area contributed by atoms with Crippen LogP contribution in [-0.2, 0) is 0 Å². The summed E-state index contributed by atoms with van der Waals surface area (Å²) in [6.07, 6.45) is 1.44. The van der Waals surface area contributed by atoms with Crippen molar-refractivity contribution < 1.29 is 13.6 Å². The highest BCUT2D eigenvalue weighted by Crippen LogP contribution is 2.26. The highest BCUT2D eigenvalue weighted by Gasteiger charge is 2.25. The molecule has 0 aliphatic heterocycles. The van der Waals surface area contributed by atoms with Crippen LogP contribution in [0.2, 0.25) is 5.02 Å². The molecule has 2 aromatic carbocycles. The average molecular weight is 380 g/mol. The predicted octanol–water partition coefficient (Wildman–Crippen LogP) is 4.50. The number of hydrogen-bond donors (Lipinski definition) is 1. The molecular formula is C20H14ClN3O3. The molecule has 134 valence electrons. The van der Waals surface area contributed by atoms with Crippen molar-refractivity contribution in [2.45, 2.75) is 6.04 Å². The fourth-order valence-electron chi connectivity index (χ4n) is 2.60. The molecule has 0 unspecified atom stereocenters. The van der Waals surface area contributed by atoms with Crippen LogP contribution in [0.5, 0.6) is 0 Å². The Labute approximate surface area is 159 Å². The lowest BCUT2D eigenvalue weighted by Gasteiger charge is -2.15. The third-order valence-corrected chi connectivity index (χ3v) is 4.18. The maximum absolute atomic E-state index is 12.5. The van der Waals surface area contributed by atoms with Crippen molar-refractivity contribution in [2.24, 2.45) is 0 Å². The summed E-state index contributed by atoms with van der Waals surface area (Å²) in [6, 6.07) is 19.0. The van der Waals surface area contributed by atoms with Crippen LogP contribution < -0.4 is 5.32 Å². The van der Waals surface area contributed by atoms with Crippen LogP contribution >= 0.6 is 11.6 Å². The summed E-state index contributed by atoms with van der Waals surface area (Å²) in [5.74, 6) is 0.434. The van der Waals surface area contributed by atoms with Gasteiger partial charge in [-0.05, 0) is 42.0 Å². The smallest absolute Gasteiger partial charge is 0.287 e. The van der Waals surface area contributed by atoms with Crippen molar-refractivity contribution >= 4 is 17.5 Å². The van der Waals surface area contributed by atoms with Crippen molar-refractivity contribution in [1.82, 2.24) is 15.5 Å². The molecule has 7 heteroatoms. The third-order valence-electron chi connectivity index (χ3n) is 3.93. The number of aromatic nitrogens is 2. The van der Waals surface area contributed by atoms with Gasteiger partial charge in [0.05, 0.1) is 6.26 Å². The van der Waals surface area contributed by atoms with Gasteiger partial charge in [-0.1, -0.05) is 41.9 Å². The Balaban J connectivity index is 1.68. The number of furan rings is 1. The van der Waals surface area contributed by atoms with Gasteiger partial charge in [-0.3, -0.25) is 4.79 Å². The second-order valence-electron chi connectivity index (χ2n) is 5.75. The van der Waals surface area contributed by atoms with Crippen molar-refractivity contribution in [3.8, 4) is 11.5 Å². The standard InChI is InChI=1S/C20H14ClN3O3/c21-15-10-8-13(9-11-15)17(22-18(25)16-7-4-12-26-16)20-24-23-19(27-20)14-5-2-1-3-6-14/h1-12,17H,(H,22,25)/t17-/m1/s1. The van der Waals surface area contributed by atoms with Gasteiger partial charge in [-0.25, -0.2) is 0 Å². The van der Waals surface area contributed by atoms with Gasteiger partial charge in [0.1, 0.15) is 6.04 Å². The highest BCUT2D eigenvalue weighted by molar-refractivity contribution is 6.30. The van der Waals surface area contributed by atoms with Crippen LogP contribution in [0.15, 0.2) is 81.8 Å². The number of benzene rings is 2. The number of halogens is 1. The van der Waals surface area contributed by atoms with Crippen molar-refractivity contribution in [1.29, 1.82) is 0 Å². The Hall–Kier alpha value is -3.38. The Morgan fingerprint density at radius 2 is 1.74 bits per heavy atom. The molecule has 0 spiro atoms. The molecule has 4 rings (SSSR count). The number of nitrogens with one attached hydrogen (secondary N) is 1. The zero-order valence-corrected chi connectivity index (χ0v) is 14.8. The van der Waals surface area contributed by atoms with Crippen LogP contribution in [0.25, 0.3) is 11.5 Å². The highest BCUT2D eigenvalue weighted by atomic mass is 35.5. The molecule has 0 saturated carbocycles. The molecular weight excluding hydrogens is 366 g/mol. The average Bonchev–Trinajstić information content (AvgIpc) is 3.40. The van der Waals surface area contributed by atoms with E-state index in [9.17, 15) is 4.79 Å². The van der Waals surface area contributed by atoms with Gasteiger partial charge in [-0.15, -0.1) is 10.2 Å². The summed E-state index contributed by atoms with van der Waals surface area (Å²) < 4.78 is 11.0. The minimum absolute atomic E-state index is 0.191. The molecule has 27 heavy (non-hydrogen) atoms. The van der Waals surface area contributed by atoms with Crippen molar-refractivity contribution in [3.05, 3.63) is 95.2 Å². The van der Waals surface area contributed by atoms with Gasteiger partial charge in [0.15, 0.2) is 5.76 Å². The van der Waals surface area contributed by atoms with Crippen LogP contribution in [0.1, 0.15) is 28.1 Å². The number of hydrogen-bond acceptors (Lipinski definition) is 5. The summed E-state index contributed by atoms with van der Waals surface area (Å²) in [7, 11) is 0.